The molecule has 2 unspecified atom stereocenters. The first-order valence-electron chi connectivity index (χ1n) is 7.48. The number of carboxylic acids is 1. The van der Waals surface area contributed by atoms with E-state index >= 15 is 0 Å². The average Bonchev–Trinajstić information content (AvgIpc) is 2.44. The first-order chi connectivity index (χ1) is 9.47. The van der Waals surface area contributed by atoms with Crippen LogP contribution in [-0.2, 0) is 4.79 Å². The number of aliphatic carboxylic acids is 1. The summed E-state index contributed by atoms with van der Waals surface area (Å²) in [6.07, 6.45) is 2.81. The SMILES string of the molecule is CCCN(C(=O)NC(C)C(C)C(=O)O)C1CCNCC1. The van der Waals surface area contributed by atoms with E-state index in [2.05, 4.69) is 10.6 Å². The lowest BCUT2D eigenvalue weighted by Crippen LogP contribution is -2.53. The molecule has 0 radical (unpaired) electrons. The number of carboxylic acid groups (broad SMARTS) is 1. The van der Waals surface area contributed by atoms with Crippen LogP contribution < -0.4 is 10.6 Å². The van der Waals surface area contributed by atoms with Crippen LogP contribution in [0.3, 0.4) is 0 Å². The van der Waals surface area contributed by atoms with Gasteiger partial charge in [-0.25, -0.2) is 4.79 Å². The molecular weight excluding hydrogens is 258 g/mol. The minimum Gasteiger partial charge on any atom is -0.481 e. The zero-order chi connectivity index (χ0) is 15.1. The second-order valence-corrected chi connectivity index (χ2v) is 5.54. The third kappa shape index (κ3) is 4.67. The maximum absolute atomic E-state index is 12.4. The molecule has 2 atom stereocenters. The van der Waals surface area contributed by atoms with Gasteiger partial charge in [0, 0.05) is 18.6 Å². The van der Waals surface area contributed by atoms with E-state index in [0.717, 1.165) is 32.4 Å². The van der Waals surface area contributed by atoms with Crippen molar-refractivity contribution in [3.05, 3.63) is 0 Å². The summed E-state index contributed by atoms with van der Waals surface area (Å²) in [5, 5.41) is 15.1. The molecule has 0 aromatic rings. The maximum atomic E-state index is 12.4. The Balaban J connectivity index is 2.61. The molecule has 6 nitrogen and oxygen atoms in total. The molecule has 1 aliphatic heterocycles. The molecule has 0 aliphatic carbocycles. The zero-order valence-electron chi connectivity index (χ0n) is 12.7. The van der Waals surface area contributed by atoms with Gasteiger partial charge in [0.25, 0.3) is 0 Å². The van der Waals surface area contributed by atoms with Crippen molar-refractivity contribution < 1.29 is 14.7 Å². The number of urea groups is 1. The van der Waals surface area contributed by atoms with Crippen molar-refractivity contribution in [1.82, 2.24) is 15.5 Å². The van der Waals surface area contributed by atoms with Gasteiger partial charge in [-0.15, -0.1) is 0 Å². The summed E-state index contributed by atoms with van der Waals surface area (Å²) >= 11 is 0. The Bertz CT molecular complexity index is 330. The van der Waals surface area contributed by atoms with E-state index in [-0.39, 0.29) is 18.1 Å². The third-order valence-corrected chi connectivity index (χ3v) is 3.97. The number of amides is 2. The zero-order valence-corrected chi connectivity index (χ0v) is 12.7. The standard InChI is InChI=1S/C14H27N3O3/c1-4-9-17(12-5-7-15-8-6-12)14(20)16-11(3)10(2)13(18)19/h10-12,15H,4-9H2,1-3H3,(H,16,20)(H,18,19). The molecule has 3 N–H and O–H groups in total. The van der Waals surface area contributed by atoms with Crippen LogP contribution in [0.4, 0.5) is 4.79 Å². The van der Waals surface area contributed by atoms with Gasteiger partial charge in [0.1, 0.15) is 0 Å². The molecule has 1 fully saturated rings. The fourth-order valence-electron chi connectivity index (χ4n) is 2.43. The Morgan fingerprint density at radius 3 is 2.45 bits per heavy atom. The monoisotopic (exact) mass is 285 g/mol. The van der Waals surface area contributed by atoms with Crippen LogP contribution in [0, 0.1) is 5.92 Å². The lowest BCUT2D eigenvalue weighted by Gasteiger charge is -2.35. The maximum Gasteiger partial charge on any atom is 0.317 e. The molecule has 0 saturated carbocycles. The Labute approximate surface area is 120 Å². The van der Waals surface area contributed by atoms with Crippen LogP contribution in [0.15, 0.2) is 0 Å². The van der Waals surface area contributed by atoms with E-state index < -0.39 is 11.9 Å². The molecule has 0 aromatic carbocycles. The molecule has 0 bridgehead atoms. The molecule has 2 amide bonds. The normalized spacial score (nSPS) is 19.1. The second-order valence-electron chi connectivity index (χ2n) is 5.54. The van der Waals surface area contributed by atoms with Crippen molar-refractivity contribution in [2.45, 2.75) is 52.1 Å². The highest BCUT2D eigenvalue weighted by Gasteiger charge is 2.27. The van der Waals surface area contributed by atoms with Gasteiger partial charge in [-0.3, -0.25) is 4.79 Å². The first kappa shape index (κ1) is 16.8. The summed E-state index contributed by atoms with van der Waals surface area (Å²) in [6, 6.07) is -0.260. The average molecular weight is 285 g/mol. The molecule has 1 aliphatic rings. The molecule has 1 saturated heterocycles. The number of hydrogen-bond donors (Lipinski definition) is 3. The van der Waals surface area contributed by atoms with Crippen molar-refractivity contribution >= 4 is 12.0 Å². The molecule has 1 rings (SSSR count). The number of piperidine rings is 1. The summed E-state index contributed by atoms with van der Waals surface area (Å²) in [6.45, 7) is 7.97. The number of rotatable bonds is 6. The first-order valence-corrected chi connectivity index (χ1v) is 7.48. The molecule has 0 aromatic heterocycles. The molecule has 6 heteroatoms. The third-order valence-electron chi connectivity index (χ3n) is 3.97. The van der Waals surface area contributed by atoms with Crippen LogP contribution in [0.25, 0.3) is 0 Å². The Morgan fingerprint density at radius 1 is 1.35 bits per heavy atom. The number of nitrogens with zero attached hydrogens (tertiary/aromatic N) is 1. The van der Waals surface area contributed by atoms with Crippen molar-refractivity contribution in [2.24, 2.45) is 5.92 Å². The van der Waals surface area contributed by atoms with Gasteiger partial charge >= 0.3 is 12.0 Å². The van der Waals surface area contributed by atoms with E-state index in [1.54, 1.807) is 13.8 Å². The summed E-state index contributed by atoms with van der Waals surface area (Å²) in [4.78, 5) is 25.2. The smallest absolute Gasteiger partial charge is 0.317 e. The van der Waals surface area contributed by atoms with E-state index in [4.69, 9.17) is 5.11 Å². The van der Waals surface area contributed by atoms with Crippen LogP contribution in [0.1, 0.15) is 40.0 Å². The van der Waals surface area contributed by atoms with Crippen molar-refractivity contribution in [3.8, 4) is 0 Å². The summed E-state index contributed by atoms with van der Waals surface area (Å²) in [5.74, 6) is -1.47. The second kappa shape index (κ2) is 8.09. The summed E-state index contributed by atoms with van der Waals surface area (Å²) in [5.41, 5.74) is 0. The molecule has 1 heterocycles. The number of nitrogens with one attached hydrogen (secondary N) is 2. The Kier molecular flexibility index (Phi) is 6.78. The van der Waals surface area contributed by atoms with Gasteiger partial charge in [0.15, 0.2) is 0 Å². The van der Waals surface area contributed by atoms with Crippen LogP contribution in [0.5, 0.6) is 0 Å². The van der Waals surface area contributed by atoms with Crippen molar-refractivity contribution in [1.29, 1.82) is 0 Å². The Hall–Kier alpha value is -1.30. The molecule has 20 heavy (non-hydrogen) atoms. The molecule has 116 valence electrons. The summed E-state index contributed by atoms with van der Waals surface area (Å²) in [7, 11) is 0. The predicted octanol–water partition coefficient (Wildman–Crippen LogP) is 1.27. The molecule has 0 spiro atoms. The Morgan fingerprint density at radius 2 is 1.95 bits per heavy atom. The van der Waals surface area contributed by atoms with Gasteiger partial charge in [0.05, 0.1) is 5.92 Å². The quantitative estimate of drug-likeness (QED) is 0.686. The fraction of sp³-hybridized carbons (Fsp3) is 0.857. The lowest BCUT2D eigenvalue weighted by atomic mass is 10.0. The fourth-order valence-corrected chi connectivity index (χ4v) is 2.43. The van der Waals surface area contributed by atoms with Gasteiger partial charge in [-0.05, 0) is 46.2 Å². The largest absolute Gasteiger partial charge is 0.481 e. The van der Waals surface area contributed by atoms with Gasteiger partial charge in [-0.1, -0.05) is 6.92 Å². The van der Waals surface area contributed by atoms with Crippen molar-refractivity contribution in [2.75, 3.05) is 19.6 Å². The van der Waals surface area contributed by atoms with Gasteiger partial charge in [0.2, 0.25) is 0 Å². The highest BCUT2D eigenvalue weighted by atomic mass is 16.4. The lowest BCUT2D eigenvalue weighted by molar-refractivity contribution is -0.141. The van der Waals surface area contributed by atoms with E-state index in [9.17, 15) is 9.59 Å². The minimum atomic E-state index is -0.887. The number of hydrogen-bond acceptors (Lipinski definition) is 3. The van der Waals surface area contributed by atoms with Gasteiger partial charge < -0.3 is 20.6 Å². The van der Waals surface area contributed by atoms with E-state index in [0.29, 0.717) is 6.54 Å². The number of carbonyl (C=O) groups excluding carboxylic acids is 1. The predicted molar refractivity (Wildman–Crippen MR) is 77.7 cm³/mol. The highest BCUT2D eigenvalue weighted by Crippen LogP contribution is 2.13. The van der Waals surface area contributed by atoms with E-state index in [1.165, 1.54) is 0 Å². The van der Waals surface area contributed by atoms with E-state index in [1.807, 2.05) is 11.8 Å². The van der Waals surface area contributed by atoms with Crippen LogP contribution >= 0.6 is 0 Å². The van der Waals surface area contributed by atoms with Gasteiger partial charge in [-0.2, -0.15) is 0 Å². The topological polar surface area (TPSA) is 81.7 Å². The highest BCUT2D eigenvalue weighted by molar-refractivity contribution is 5.77. The van der Waals surface area contributed by atoms with Crippen LogP contribution in [-0.4, -0.2) is 53.7 Å². The minimum absolute atomic E-state index is 0.139. The van der Waals surface area contributed by atoms with Crippen LogP contribution in [0.2, 0.25) is 0 Å². The van der Waals surface area contributed by atoms with Crippen molar-refractivity contribution in [3.63, 3.8) is 0 Å². The molecular formula is C14H27N3O3. The summed E-state index contributed by atoms with van der Waals surface area (Å²) < 4.78 is 0. The number of carbonyl (C=O) groups is 2.